The van der Waals surface area contributed by atoms with Crippen LogP contribution in [0.15, 0.2) is 29.4 Å². The number of carbonyl (C=O) groups is 2. The Hall–Kier alpha value is -2.35. The van der Waals surface area contributed by atoms with Crippen molar-refractivity contribution in [1.29, 1.82) is 0 Å². The van der Waals surface area contributed by atoms with Gasteiger partial charge in [-0.1, -0.05) is 89.9 Å². The highest BCUT2D eigenvalue weighted by Crippen LogP contribution is 2.36. The van der Waals surface area contributed by atoms with E-state index in [1.54, 1.807) is 0 Å². The topological polar surface area (TPSA) is 88.9 Å². The van der Waals surface area contributed by atoms with Crippen molar-refractivity contribution < 1.29 is 9.59 Å². The zero-order valence-corrected chi connectivity index (χ0v) is 21.3. The molecule has 0 radical (unpaired) electrons. The Morgan fingerprint density at radius 3 is 2.36 bits per heavy atom. The lowest BCUT2D eigenvalue weighted by molar-refractivity contribution is -0.117. The summed E-state index contributed by atoms with van der Waals surface area (Å²) in [4.78, 5) is 24.2. The van der Waals surface area contributed by atoms with E-state index in [2.05, 4.69) is 70.4 Å². The first-order valence-corrected chi connectivity index (χ1v) is 12.9. The Balaban J connectivity index is 1.76. The molecule has 1 fully saturated rings. The molecule has 0 unspecified atom stereocenters. The van der Waals surface area contributed by atoms with Crippen LogP contribution in [0.2, 0.25) is 0 Å². The molecule has 8 heteroatoms. The van der Waals surface area contributed by atoms with E-state index in [0.717, 1.165) is 29.4 Å². The number of nitrogens with one attached hydrogen (secondary N) is 2. The van der Waals surface area contributed by atoms with Crippen LogP contribution in [0.3, 0.4) is 0 Å². The van der Waals surface area contributed by atoms with E-state index in [1.165, 1.54) is 36.6 Å². The van der Waals surface area contributed by atoms with Gasteiger partial charge >= 0.3 is 6.03 Å². The number of imide groups is 1. The lowest BCUT2D eigenvalue weighted by atomic mass is 9.86. The van der Waals surface area contributed by atoms with Crippen molar-refractivity contribution in [3.05, 3.63) is 29.8 Å². The van der Waals surface area contributed by atoms with Gasteiger partial charge in [-0.2, -0.15) is 0 Å². The van der Waals surface area contributed by atoms with E-state index in [4.69, 9.17) is 0 Å². The SMILES string of the molecule is CC(C)CNC(=O)NC(=O)CSc1nnc(-c2ccc(C(C)(C)C)cc2)n1C1CCCCC1. The van der Waals surface area contributed by atoms with Crippen LogP contribution in [0.1, 0.15) is 78.3 Å². The van der Waals surface area contributed by atoms with Crippen molar-refractivity contribution in [3.8, 4) is 11.4 Å². The maximum absolute atomic E-state index is 12.3. The molecule has 2 N–H and O–H groups in total. The quantitative estimate of drug-likeness (QED) is 0.533. The van der Waals surface area contributed by atoms with Gasteiger partial charge in [0.25, 0.3) is 0 Å². The van der Waals surface area contributed by atoms with Crippen LogP contribution < -0.4 is 10.6 Å². The summed E-state index contributed by atoms with van der Waals surface area (Å²) in [5.74, 6) is 0.948. The number of amides is 3. The van der Waals surface area contributed by atoms with E-state index < -0.39 is 6.03 Å². The van der Waals surface area contributed by atoms with Gasteiger partial charge in [-0.15, -0.1) is 10.2 Å². The molecule has 1 aromatic heterocycles. The van der Waals surface area contributed by atoms with Gasteiger partial charge in [-0.3, -0.25) is 14.7 Å². The summed E-state index contributed by atoms with van der Waals surface area (Å²) >= 11 is 1.34. The van der Waals surface area contributed by atoms with Gasteiger partial charge in [-0.25, -0.2) is 4.79 Å². The van der Waals surface area contributed by atoms with Crippen LogP contribution in [-0.2, 0) is 10.2 Å². The smallest absolute Gasteiger partial charge is 0.321 e. The van der Waals surface area contributed by atoms with Crippen molar-refractivity contribution in [2.75, 3.05) is 12.3 Å². The Morgan fingerprint density at radius 1 is 1.09 bits per heavy atom. The van der Waals surface area contributed by atoms with Crippen LogP contribution in [-0.4, -0.2) is 39.0 Å². The highest BCUT2D eigenvalue weighted by Gasteiger charge is 2.25. The highest BCUT2D eigenvalue weighted by atomic mass is 32.2. The molecule has 180 valence electrons. The first-order chi connectivity index (χ1) is 15.6. The molecule has 1 aliphatic carbocycles. The summed E-state index contributed by atoms with van der Waals surface area (Å²) in [5.41, 5.74) is 2.40. The molecule has 0 saturated heterocycles. The Kier molecular flexibility index (Phi) is 8.57. The minimum absolute atomic E-state index is 0.0887. The minimum Gasteiger partial charge on any atom is -0.338 e. The summed E-state index contributed by atoms with van der Waals surface area (Å²) in [6.45, 7) is 11.1. The second-order valence-electron chi connectivity index (χ2n) is 10.2. The minimum atomic E-state index is -0.456. The van der Waals surface area contributed by atoms with Crippen molar-refractivity contribution in [2.45, 2.75) is 83.3 Å². The number of aromatic nitrogens is 3. The molecular weight excluding hydrogens is 434 g/mol. The third kappa shape index (κ3) is 7.06. The summed E-state index contributed by atoms with van der Waals surface area (Å²) in [5, 5.41) is 14.8. The summed E-state index contributed by atoms with van der Waals surface area (Å²) in [7, 11) is 0. The average Bonchev–Trinajstić information content (AvgIpc) is 3.20. The molecular formula is C25H37N5O2S. The lowest BCUT2D eigenvalue weighted by Gasteiger charge is -2.26. The number of carbonyl (C=O) groups excluding carboxylic acids is 2. The molecule has 2 aromatic rings. The van der Waals surface area contributed by atoms with Crippen molar-refractivity contribution in [2.24, 2.45) is 5.92 Å². The van der Waals surface area contributed by atoms with Crippen LogP contribution in [0.25, 0.3) is 11.4 Å². The first-order valence-electron chi connectivity index (χ1n) is 11.9. The maximum atomic E-state index is 12.3. The Morgan fingerprint density at radius 2 is 1.76 bits per heavy atom. The third-order valence-electron chi connectivity index (χ3n) is 5.87. The van der Waals surface area contributed by atoms with Crippen molar-refractivity contribution in [3.63, 3.8) is 0 Å². The van der Waals surface area contributed by atoms with Crippen molar-refractivity contribution >= 4 is 23.7 Å². The standard InChI is InChI=1S/C25H37N5O2S/c1-17(2)15-26-23(32)27-21(31)16-33-24-29-28-22(30(24)20-9-7-6-8-10-20)18-11-13-19(14-12-18)25(3,4)5/h11-14,17,20H,6-10,15-16H2,1-5H3,(H2,26,27,31,32). The second kappa shape index (κ2) is 11.2. The van der Waals surface area contributed by atoms with Crippen LogP contribution in [0.4, 0.5) is 4.79 Å². The molecule has 0 atom stereocenters. The van der Waals surface area contributed by atoms with E-state index in [1.807, 2.05) is 13.8 Å². The molecule has 1 saturated carbocycles. The van der Waals surface area contributed by atoms with Gasteiger partial charge in [0.05, 0.1) is 5.75 Å². The number of benzene rings is 1. The number of urea groups is 1. The maximum Gasteiger partial charge on any atom is 0.321 e. The largest absolute Gasteiger partial charge is 0.338 e. The summed E-state index contributed by atoms with van der Waals surface area (Å²) in [6.07, 6.45) is 5.80. The second-order valence-corrected chi connectivity index (χ2v) is 11.2. The lowest BCUT2D eigenvalue weighted by Crippen LogP contribution is -2.41. The Labute approximate surface area is 201 Å². The number of thioether (sulfide) groups is 1. The van der Waals surface area contributed by atoms with Gasteiger partial charge in [0, 0.05) is 18.2 Å². The molecule has 3 rings (SSSR count). The Bertz CT molecular complexity index is 941. The molecule has 33 heavy (non-hydrogen) atoms. The molecule has 1 heterocycles. The normalized spacial score (nSPS) is 15.0. The van der Waals surface area contributed by atoms with E-state index in [9.17, 15) is 9.59 Å². The fourth-order valence-electron chi connectivity index (χ4n) is 3.99. The third-order valence-corrected chi connectivity index (χ3v) is 6.81. The fourth-order valence-corrected chi connectivity index (χ4v) is 4.80. The summed E-state index contributed by atoms with van der Waals surface area (Å²) in [6, 6.07) is 8.42. The van der Waals surface area contributed by atoms with Crippen LogP contribution >= 0.6 is 11.8 Å². The van der Waals surface area contributed by atoms with E-state index in [0.29, 0.717) is 18.5 Å². The number of hydrogen-bond acceptors (Lipinski definition) is 5. The predicted molar refractivity (Wildman–Crippen MR) is 133 cm³/mol. The van der Waals surface area contributed by atoms with Crippen molar-refractivity contribution in [1.82, 2.24) is 25.4 Å². The zero-order chi connectivity index (χ0) is 24.0. The molecule has 0 spiro atoms. The molecule has 3 amide bonds. The highest BCUT2D eigenvalue weighted by molar-refractivity contribution is 7.99. The van der Waals surface area contributed by atoms with Gasteiger partial charge in [0.2, 0.25) is 5.91 Å². The first kappa shape index (κ1) is 25.3. The fraction of sp³-hybridized carbons (Fsp3) is 0.600. The predicted octanol–water partition coefficient (Wildman–Crippen LogP) is 5.32. The van der Waals surface area contributed by atoms with Gasteiger partial charge in [0.1, 0.15) is 0 Å². The molecule has 1 aliphatic rings. The van der Waals surface area contributed by atoms with Crippen LogP contribution in [0, 0.1) is 5.92 Å². The van der Waals surface area contributed by atoms with E-state index in [-0.39, 0.29) is 17.1 Å². The monoisotopic (exact) mass is 471 g/mol. The molecule has 0 bridgehead atoms. The van der Waals surface area contributed by atoms with E-state index >= 15 is 0 Å². The average molecular weight is 472 g/mol. The number of nitrogens with zero attached hydrogens (tertiary/aromatic N) is 3. The number of rotatable bonds is 7. The number of hydrogen-bond donors (Lipinski definition) is 2. The van der Waals surface area contributed by atoms with Crippen LogP contribution in [0.5, 0.6) is 0 Å². The molecule has 0 aliphatic heterocycles. The molecule has 1 aromatic carbocycles. The molecule has 7 nitrogen and oxygen atoms in total. The van der Waals surface area contributed by atoms with Gasteiger partial charge < -0.3 is 5.32 Å². The zero-order valence-electron chi connectivity index (χ0n) is 20.5. The van der Waals surface area contributed by atoms with Gasteiger partial charge in [-0.05, 0) is 29.7 Å². The van der Waals surface area contributed by atoms with Gasteiger partial charge in [0.15, 0.2) is 11.0 Å². The summed E-state index contributed by atoms with van der Waals surface area (Å²) < 4.78 is 2.21.